The van der Waals surface area contributed by atoms with E-state index in [0.717, 1.165) is 18.8 Å². The molecule has 0 atom stereocenters. The molecule has 0 saturated heterocycles. The summed E-state index contributed by atoms with van der Waals surface area (Å²) in [5, 5.41) is 8.44. The normalized spacial score (nSPS) is 19.2. The van der Waals surface area contributed by atoms with Gasteiger partial charge in [0.2, 0.25) is 0 Å². The summed E-state index contributed by atoms with van der Waals surface area (Å²) >= 11 is 0. The van der Waals surface area contributed by atoms with Crippen LogP contribution in [0.1, 0.15) is 96.8 Å². The Labute approximate surface area is 147 Å². The summed E-state index contributed by atoms with van der Waals surface area (Å²) in [5.41, 5.74) is 0. The van der Waals surface area contributed by atoms with Gasteiger partial charge in [-0.05, 0) is 44.4 Å². The maximum Gasteiger partial charge on any atom is 0.306 e. The van der Waals surface area contributed by atoms with Gasteiger partial charge in [-0.2, -0.15) is 0 Å². The highest BCUT2D eigenvalue weighted by molar-refractivity contribution is 5.69. The third kappa shape index (κ3) is 10.7. The van der Waals surface area contributed by atoms with Gasteiger partial charge in [-0.15, -0.1) is 0 Å². The third-order valence-electron chi connectivity index (χ3n) is 5.21. The molecule has 0 radical (unpaired) electrons. The molecule has 140 valence electrons. The van der Waals surface area contributed by atoms with Crippen LogP contribution in [0.15, 0.2) is 0 Å². The van der Waals surface area contributed by atoms with Crippen LogP contribution < -0.4 is 0 Å². The van der Waals surface area contributed by atoms with Crippen molar-refractivity contribution in [2.24, 2.45) is 11.8 Å². The molecule has 2 fully saturated rings. The van der Waals surface area contributed by atoms with Crippen molar-refractivity contribution >= 4 is 11.9 Å². The van der Waals surface area contributed by atoms with E-state index < -0.39 is 5.97 Å². The Kier molecular flexibility index (Phi) is 11.6. The largest absolute Gasteiger partial charge is 0.481 e. The standard InChI is InChI=1S/2C10H18O2/c1-2-12-10(11)8-9-6-4-3-5-7-9;11-10(12)8-4-7-9-5-2-1-3-6-9/h9H,2-8H2,1H3;9H,1-8H2,(H,11,12). The number of ether oxygens (including phenoxy) is 1. The molecular formula is C20H36O4. The van der Waals surface area contributed by atoms with Crippen LogP contribution in [-0.2, 0) is 14.3 Å². The first-order chi connectivity index (χ1) is 11.6. The predicted octanol–water partition coefficient (Wildman–Crippen LogP) is 5.34. The highest BCUT2D eigenvalue weighted by Gasteiger charge is 2.17. The Hall–Kier alpha value is -1.06. The number of carbonyl (C=O) groups excluding carboxylic acids is 1. The topological polar surface area (TPSA) is 63.6 Å². The summed E-state index contributed by atoms with van der Waals surface area (Å²) in [6, 6.07) is 0. The molecule has 0 heterocycles. The smallest absolute Gasteiger partial charge is 0.306 e. The Morgan fingerprint density at radius 2 is 1.46 bits per heavy atom. The molecule has 24 heavy (non-hydrogen) atoms. The molecule has 2 rings (SSSR count). The second kappa shape index (κ2) is 13.3. The van der Waals surface area contributed by atoms with E-state index in [1.54, 1.807) is 0 Å². The van der Waals surface area contributed by atoms with Crippen LogP contribution in [0.5, 0.6) is 0 Å². The van der Waals surface area contributed by atoms with Gasteiger partial charge in [0.05, 0.1) is 6.61 Å². The highest BCUT2D eigenvalue weighted by Crippen LogP contribution is 2.27. The lowest BCUT2D eigenvalue weighted by Crippen LogP contribution is -2.14. The van der Waals surface area contributed by atoms with Crippen LogP contribution in [0.4, 0.5) is 0 Å². The lowest BCUT2D eigenvalue weighted by atomic mass is 9.86. The van der Waals surface area contributed by atoms with E-state index in [0.29, 0.717) is 25.4 Å². The number of carbonyl (C=O) groups is 2. The number of esters is 1. The minimum atomic E-state index is -0.647. The zero-order valence-electron chi connectivity index (χ0n) is 15.4. The zero-order chi connectivity index (χ0) is 17.6. The quantitative estimate of drug-likeness (QED) is 0.635. The summed E-state index contributed by atoms with van der Waals surface area (Å²) in [5.74, 6) is 0.783. The molecule has 0 aromatic carbocycles. The van der Waals surface area contributed by atoms with Crippen LogP contribution in [-0.4, -0.2) is 23.7 Å². The molecule has 0 bridgehead atoms. The Balaban J connectivity index is 0.000000240. The molecule has 0 aliphatic heterocycles. The van der Waals surface area contributed by atoms with E-state index >= 15 is 0 Å². The van der Waals surface area contributed by atoms with E-state index in [4.69, 9.17) is 9.84 Å². The Morgan fingerprint density at radius 1 is 0.917 bits per heavy atom. The first-order valence-electron chi connectivity index (χ1n) is 9.99. The van der Waals surface area contributed by atoms with Crippen LogP contribution in [0.25, 0.3) is 0 Å². The van der Waals surface area contributed by atoms with Gasteiger partial charge in [0.15, 0.2) is 0 Å². The fourth-order valence-electron chi connectivity index (χ4n) is 3.86. The first-order valence-corrected chi connectivity index (χ1v) is 9.99. The van der Waals surface area contributed by atoms with Crippen LogP contribution >= 0.6 is 0 Å². The Morgan fingerprint density at radius 3 is 1.96 bits per heavy atom. The summed E-state index contributed by atoms with van der Waals surface area (Å²) in [6.07, 6.45) is 16.2. The van der Waals surface area contributed by atoms with Gasteiger partial charge in [0.1, 0.15) is 0 Å². The van der Waals surface area contributed by atoms with Gasteiger partial charge in [0, 0.05) is 12.8 Å². The van der Waals surface area contributed by atoms with Crippen molar-refractivity contribution in [3.63, 3.8) is 0 Å². The third-order valence-corrected chi connectivity index (χ3v) is 5.21. The minimum absolute atomic E-state index is 0.00981. The number of rotatable bonds is 7. The van der Waals surface area contributed by atoms with Crippen molar-refractivity contribution in [2.75, 3.05) is 6.61 Å². The van der Waals surface area contributed by atoms with E-state index in [-0.39, 0.29) is 5.97 Å². The summed E-state index contributed by atoms with van der Waals surface area (Å²) < 4.78 is 4.91. The number of hydrogen-bond donors (Lipinski definition) is 1. The summed E-state index contributed by atoms with van der Waals surface area (Å²) in [6.45, 7) is 2.38. The molecule has 2 aliphatic rings. The zero-order valence-corrected chi connectivity index (χ0v) is 15.4. The van der Waals surface area contributed by atoms with Crippen LogP contribution in [0, 0.1) is 11.8 Å². The average Bonchev–Trinajstić information content (AvgIpc) is 2.57. The molecule has 0 spiro atoms. The first kappa shape index (κ1) is 21.0. The molecule has 0 aromatic heterocycles. The molecule has 0 aromatic rings. The fraction of sp³-hybridized carbons (Fsp3) is 0.900. The van der Waals surface area contributed by atoms with Crippen molar-refractivity contribution < 1.29 is 19.4 Å². The maximum atomic E-state index is 11.1. The maximum absolute atomic E-state index is 11.1. The lowest BCUT2D eigenvalue weighted by molar-refractivity contribution is -0.144. The van der Waals surface area contributed by atoms with Gasteiger partial charge in [-0.25, -0.2) is 0 Å². The Bertz CT molecular complexity index is 342. The van der Waals surface area contributed by atoms with Crippen molar-refractivity contribution in [3.05, 3.63) is 0 Å². The molecule has 4 nitrogen and oxygen atoms in total. The molecule has 0 unspecified atom stereocenters. The van der Waals surface area contributed by atoms with Gasteiger partial charge in [-0.1, -0.05) is 51.4 Å². The van der Waals surface area contributed by atoms with E-state index in [2.05, 4.69) is 0 Å². The van der Waals surface area contributed by atoms with E-state index in [1.807, 2.05) is 6.92 Å². The molecular weight excluding hydrogens is 304 g/mol. The van der Waals surface area contributed by atoms with Gasteiger partial charge in [0.25, 0.3) is 0 Å². The van der Waals surface area contributed by atoms with Gasteiger partial charge in [-0.3, -0.25) is 9.59 Å². The fourth-order valence-corrected chi connectivity index (χ4v) is 3.86. The average molecular weight is 341 g/mol. The number of carboxylic acid groups (broad SMARTS) is 1. The minimum Gasteiger partial charge on any atom is -0.481 e. The lowest BCUT2D eigenvalue weighted by Gasteiger charge is -2.20. The highest BCUT2D eigenvalue weighted by atomic mass is 16.5. The molecule has 1 N–H and O–H groups in total. The monoisotopic (exact) mass is 340 g/mol. The summed E-state index contributed by atoms with van der Waals surface area (Å²) in [4.78, 5) is 21.3. The molecule has 0 amide bonds. The van der Waals surface area contributed by atoms with Gasteiger partial charge >= 0.3 is 11.9 Å². The second-order valence-corrected chi connectivity index (χ2v) is 7.30. The number of aliphatic carboxylic acids is 1. The molecule has 4 heteroatoms. The van der Waals surface area contributed by atoms with Crippen molar-refractivity contribution in [1.82, 2.24) is 0 Å². The SMILES string of the molecule is CCOC(=O)CC1CCCCC1.O=C(O)CCCC1CCCCC1. The second-order valence-electron chi connectivity index (χ2n) is 7.30. The van der Waals surface area contributed by atoms with Crippen LogP contribution in [0.2, 0.25) is 0 Å². The van der Waals surface area contributed by atoms with E-state index in [1.165, 1.54) is 64.2 Å². The summed E-state index contributed by atoms with van der Waals surface area (Å²) in [7, 11) is 0. The van der Waals surface area contributed by atoms with E-state index in [9.17, 15) is 9.59 Å². The predicted molar refractivity (Wildman–Crippen MR) is 95.9 cm³/mol. The van der Waals surface area contributed by atoms with Crippen molar-refractivity contribution in [3.8, 4) is 0 Å². The molecule has 2 aliphatic carbocycles. The number of carboxylic acids is 1. The molecule has 2 saturated carbocycles. The number of hydrogen-bond acceptors (Lipinski definition) is 3. The van der Waals surface area contributed by atoms with Crippen molar-refractivity contribution in [2.45, 2.75) is 96.8 Å². The van der Waals surface area contributed by atoms with Gasteiger partial charge < -0.3 is 9.84 Å². The van der Waals surface area contributed by atoms with Crippen LogP contribution in [0.3, 0.4) is 0 Å². The van der Waals surface area contributed by atoms with Crippen molar-refractivity contribution in [1.29, 1.82) is 0 Å².